The van der Waals surface area contributed by atoms with Crippen molar-refractivity contribution in [1.82, 2.24) is 15.3 Å². The summed E-state index contributed by atoms with van der Waals surface area (Å²) >= 11 is 0. The molecule has 0 aromatic carbocycles. The lowest BCUT2D eigenvalue weighted by atomic mass is 9.74. The van der Waals surface area contributed by atoms with E-state index in [1.807, 2.05) is 6.20 Å². The number of amides is 1. The van der Waals surface area contributed by atoms with Gasteiger partial charge in [-0.3, -0.25) is 4.79 Å². The summed E-state index contributed by atoms with van der Waals surface area (Å²) in [5, 5.41) is 2.99. The molecule has 3 N–H and O–H groups in total. The van der Waals surface area contributed by atoms with Crippen molar-refractivity contribution in [3.8, 4) is 0 Å². The standard InChI is InChI=1S/C16H26N4O.ClH/c1-15(2,3)14-18-9-10-11(19-13(21)8-17)6-16(4,5)7-12(10)20-14;/h9,11H,6-8,17H2,1-5H3,(H,19,21);1H. The topological polar surface area (TPSA) is 80.9 Å². The molecular formula is C16H27ClN4O. The average molecular weight is 327 g/mol. The van der Waals surface area contributed by atoms with Crippen molar-refractivity contribution in [2.45, 2.75) is 58.9 Å². The van der Waals surface area contributed by atoms with Crippen LogP contribution in [0.5, 0.6) is 0 Å². The fourth-order valence-corrected chi connectivity index (χ4v) is 2.79. The predicted molar refractivity (Wildman–Crippen MR) is 90.0 cm³/mol. The van der Waals surface area contributed by atoms with Gasteiger partial charge in [-0.2, -0.15) is 0 Å². The van der Waals surface area contributed by atoms with Gasteiger partial charge in [-0.25, -0.2) is 9.97 Å². The minimum atomic E-state index is -0.136. The van der Waals surface area contributed by atoms with E-state index in [0.29, 0.717) is 0 Å². The first-order valence-electron chi connectivity index (χ1n) is 7.48. The van der Waals surface area contributed by atoms with Crippen LogP contribution in [0.1, 0.15) is 64.2 Å². The number of fused-ring (bicyclic) bond motifs is 1. The van der Waals surface area contributed by atoms with Crippen molar-refractivity contribution >= 4 is 18.3 Å². The highest BCUT2D eigenvalue weighted by atomic mass is 35.5. The number of halogens is 1. The van der Waals surface area contributed by atoms with Crippen LogP contribution >= 0.6 is 12.4 Å². The van der Waals surface area contributed by atoms with Crippen LogP contribution in [0.3, 0.4) is 0 Å². The van der Waals surface area contributed by atoms with E-state index in [1.54, 1.807) is 0 Å². The van der Waals surface area contributed by atoms with Crippen molar-refractivity contribution in [3.05, 3.63) is 23.3 Å². The van der Waals surface area contributed by atoms with Crippen LogP contribution in [0.15, 0.2) is 6.20 Å². The molecule has 1 atom stereocenters. The number of carbonyl (C=O) groups is 1. The first-order valence-corrected chi connectivity index (χ1v) is 7.48. The Morgan fingerprint density at radius 1 is 1.45 bits per heavy atom. The number of nitrogens with zero attached hydrogens (tertiary/aromatic N) is 2. The molecule has 1 aromatic rings. The van der Waals surface area contributed by atoms with Crippen LogP contribution in [0.4, 0.5) is 0 Å². The number of hydrogen-bond acceptors (Lipinski definition) is 4. The van der Waals surface area contributed by atoms with Crippen molar-refractivity contribution < 1.29 is 4.79 Å². The summed E-state index contributed by atoms with van der Waals surface area (Å²) in [6, 6.07) is -0.0474. The highest BCUT2D eigenvalue weighted by molar-refractivity contribution is 5.85. The summed E-state index contributed by atoms with van der Waals surface area (Å²) in [6.07, 6.45) is 3.66. The van der Waals surface area contributed by atoms with E-state index < -0.39 is 0 Å². The van der Waals surface area contributed by atoms with Gasteiger partial charge in [0.2, 0.25) is 5.91 Å². The Labute approximate surface area is 138 Å². The normalized spacial score (nSPS) is 19.8. The van der Waals surface area contributed by atoms with Gasteiger partial charge in [0.05, 0.1) is 12.6 Å². The predicted octanol–water partition coefficient (Wildman–Crippen LogP) is 2.28. The fraction of sp³-hybridized carbons (Fsp3) is 0.688. The fourth-order valence-electron chi connectivity index (χ4n) is 2.79. The molecule has 6 heteroatoms. The van der Waals surface area contributed by atoms with Crippen LogP contribution < -0.4 is 11.1 Å². The maximum atomic E-state index is 11.7. The van der Waals surface area contributed by atoms with E-state index in [4.69, 9.17) is 10.7 Å². The van der Waals surface area contributed by atoms with Crippen LogP contribution in [0.2, 0.25) is 0 Å². The Morgan fingerprint density at radius 3 is 2.64 bits per heavy atom. The molecule has 22 heavy (non-hydrogen) atoms. The Morgan fingerprint density at radius 2 is 2.09 bits per heavy atom. The van der Waals surface area contributed by atoms with Gasteiger partial charge in [-0.1, -0.05) is 34.6 Å². The Balaban J connectivity index is 0.00000242. The molecule has 0 bridgehead atoms. The van der Waals surface area contributed by atoms with E-state index in [9.17, 15) is 4.79 Å². The number of nitrogens with two attached hydrogens (primary N) is 1. The first kappa shape index (κ1) is 18.8. The maximum Gasteiger partial charge on any atom is 0.234 e. The number of hydrogen-bond donors (Lipinski definition) is 2. The van der Waals surface area contributed by atoms with Gasteiger partial charge in [0.25, 0.3) is 0 Å². The van der Waals surface area contributed by atoms with E-state index in [0.717, 1.165) is 29.9 Å². The highest BCUT2D eigenvalue weighted by Gasteiger charge is 2.35. The smallest absolute Gasteiger partial charge is 0.234 e. The molecule has 1 amide bonds. The summed E-state index contributed by atoms with van der Waals surface area (Å²) in [7, 11) is 0. The third-order valence-electron chi connectivity index (χ3n) is 3.87. The van der Waals surface area contributed by atoms with E-state index in [-0.39, 0.29) is 41.7 Å². The molecule has 1 unspecified atom stereocenters. The molecule has 1 aliphatic carbocycles. The van der Waals surface area contributed by atoms with Crippen molar-refractivity contribution in [2.24, 2.45) is 11.1 Å². The Kier molecular flexibility index (Phi) is 5.57. The lowest BCUT2D eigenvalue weighted by molar-refractivity contribution is -0.120. The largest absolute Gasteiger partial charge is 0.348 e. The molecule has 1 aliphatic rings. The van der Waals surface area contributed by atoms with Gasteiger partial charge >= 0.3 is 0 Å². The number of aromatic nitrogens is 2. The zero-order valence-corrected chi connectivity index (χ0v) is 14.9. The quantitative estimate of drug-likeness (QED) is 0.873. The number of carbonyl (C=O) groups excluding carboxylic acids is 1. The molecule has 1 aromatic heterocycles. The third kappa shape index (κ3) is 4.17. The summed E-state index contributed by atoms with van der Waals surface area (Å²) < 4.78 is 0. The van der Waals surface area contributed by atoms with Gasteiger partial charge in [0, 0.05) is 22.9 Å². The van der Waals surface area contributed by atoms with Crippen LogP contribution in [0.25, 0.3) is 0 Å². The number of nitrogens with one attached hydrogen (secondary N) is 1. The molecule has 0 saturated carbocycles. The van der Waals surface area contributed by atoms with E-state index in [2.05, 4.69) is 44.9 Å². The minimum Gasteiger partial charge on any atom is -0.348 e. The molecule has 0 aliphatic heterocycles. The van der Waals surface area contributed by atoms with E-state index in [1.165, 1.54) is 0 Å². The molecular weight excluding hydrogens is 300 g/mol. The van der Waals surface area contributed by atoms with Crippen LogP contribution in [0, 0.1) is 5.41 Å². The Hall–Kier alpha value is -1.20. The molecule has 0 saturated heterocycles. The minimum absolute atomic E-state index is 0. The first-order chi connectivity index (χ1) is 9.62. The van der Waals surface area contributed by atoms with Crippen molar-refractivity contribution in [2.75, 3.05) is 6.54 Å². The second-order valence-corrected chi connectivity index (χ2v) is 7.71. The molecule has 2 rings (SSSR count). The lowest BCUT2D eigenvalue weighted by Gasteiger charge is -2.37. The molecule has 0 radical (unpaired) electrons. The third-order valence-corrected chi connectivity index (χ3v) is 3.87. The summed E-state index contributed by atoms with van der Waals surface area (Å²) in [5.74, 6) is 0.714. The SMILES string of the molecule is CC1(C)Cc2nc(C(C)(C)C)ncc2C(NC(=O)CN)C1.Cl. The molecule has 0 fully saturated rings. The zero-order chi connectivity index (χ0) is 15.8. The van der Waals surface area contributed by atoms with Gasteiger partial charge in [-0.15, -0.1) is 12.4 Å². The molecule has 124 valence electrons. The van der Waals surface area contributed by atoms with Crippen molar-refractivity contribution in [1.29, 1.82) is 0 Å². The summed E-state index contributed by atoms with van der Waals surface area (Å²) in [5.41, 5.74) is 7.52. The second kappa shape index (κ2) is 6.50. The highest BCUT2D eigenvalue weighted by Crippen LogP contribution is 2.40. The van der Waals surface area contributed by atoms with E-state index >= 15 is 0 Å². The number of rotatable bonds is 2. The maximum absolute atomic E-state index is 11.7. The summed E-state index contributed by atoms with van der Waals surface area (Å²) in [4.78, 5) is 20.9. The van der Waals surface area contributed by atoms with Gasteiger partial charge in [0.1, 0.15) is 5.82 Å². The van der Waals surface area contributed by atoms with Gasteiger partial charge in [0.15, 0.2) is 0 Å². The average Bonchev–Trinajstić information content (AvgIpc) is 2.35. The van der Waals surface area contributed by atoms with Crippen molar-refractivity contribution in [3.63, 3.8) is 0 Å². The Bertz CT molecular complexity index is 552. The molecule has 0 spiro atoms. The zero-order valence-electron chi connectivity index (χ0n) is 14.1. The van der Waals surface area contributed by atoms with Gasteiger partial charge in [-0.05, 0) is 18.3 Å². The lowest BCUT2D eigenvalue weighted by Crippen LogP contribution is -2.40. The monoisotopic (exact) mass is 326 g/mol. The van der Waals surface area contributed by atoms with Gasteiger partial charge < -0.3 is 11.1 Å². The molecule has 1 heterocycles. The summed E-state index contributed by atoms with van der Waals surface area (Å²) in [6.45, 7) is 10.7. The second-order valence-electron chi connectivity index (χ2n) is 7.71. The van der Waals surface area contributed by atoms with Crippen LogP contribution in [-0.2, 0) is 16.6 Å². The van der Waals surface area contributed by atoms with Crippen LogP contribution in [-0.4, -0.2) is 22.4 Å². The molecule has 5 nitrogen and oxygen atoms in total.